The molecule has 0 aromatic carbocycles. The van der Waals surface area contributed by atoms with Crippen LogP contribution in [0.15, 0.2) is 12.3 Å². The van der Waals surface area contributed by atoms with E-state index in [4.69, 9.17) is 4.74 Å². The Balaban J connectivity index is 2.11. The van der Waals surface area contributed by atoms with E-state index in [0.717, 1.165) is 0 Å². The summed E-state index contributed by atoms with van der Waals surface area (Å²) in [6, 6.07) is 1.26. The molecular weight excluding hydrogens is 318 g/mol. The first kappa shape index (κ1) is 14.0. The Morgan fingerprint density at radius 3 is 3.00 bits per heavy atom. The van der Waals surface area contributed by atoms with Crippen molar-refractivity contribution in [2.45, 2.75) is 19.1 Å². The normalized spacial score (nSPS) is 23.4. The van der Waals surface area contributed by atoms with Gasteiger partial charge in [0.2, 0.25) is 0 Å². The largest absolute Gasteiger partial charge is 0.371 e. The van der Waals surface area contributed by atoms with Gasteiger partial charge in [-0.15, -0.1) is 0 Å². The van der Waals surface area contributed by atoms with Crippen molar-refractivity contribution in [3.05, 3.63) is 28.1 Å². The monoisotopic (exact) mass is 331 g/mol. The molecule has 1 aliphatic heterocycles. The van der Waals surface area contributed by atoms with Crippen LogP contribution in [0.4, 0.5) is 5.69 Å². The van der Waals surface area contributed by atoms with Gasteiger partial charge in [0.15, 0.2) is 0 Å². The Hall–Kier alpha value is -1.41. The van der Waals surface area contributed by atoms with Crippen LogP contribution in [0.25, 0.3) is 0 Å². The summed E-state index contributed by atoms with van der Waals surface area (Å²) in [6.45, 7) is 2.85. The fraction of sp³-hybridized carbons (Fsp3) is 0.545. The second-order valence-corrected chi connectivity index (χ2v) is 5.11. The van der Waals surface area contributed by atoms with Crippen LogP contribution in [0.1, 0.15) is 17.4 Å². The summed E-state index contributed by atoms with van der Waals surface area (Å²) in [5.41, 5.74) is 0.121. The number of aromatic nitrogens is 1. The molecule has 0 spiro atoms. The summed E-state index contributed by atoms with van der Waals surface area (Å²) in [5.74, 6) is -0.241. The number of alkyl halides is 1. The highest BCUT2D eigenvalue weighted by Gasteiger charge is 2.29. The van der Waals surface area contributed by atoms with Crippen molar-refractivity contribution in [3.8, 4) is 0 Å². The number of hydrogen-bond acceptors (Lipinski definition) is 4. The van der Waals surface area contributed by atoms with Crippen molar-refractivity contribution in [3.63, 3.8) is 0 Å². The standard InChI is InChI=1S/C11H14BrN3O4/c1-7-5-14(6-9(3-12)19-7)11(16)10-2-8(4-13-10)15(17)18/h2,4,7,9,13H,3,5-6H2,1H3. The molecule has 1 aromatic heterocycles. The molecule has 0 aliphatic carbocycles. The summed E-state index contributed by atoms with van der Waals surface area (Å²) >= 11 is 3.33. The number of morpholine rings is 1. The SMILES string of the molecule is CC1CN(C(=O)c2cc([N+](=O)[O-])c[nH]2)CC(CBr)O1. The molecule has 1 saturated heterocycles. The lowest BCUT2D eigenvalue weighted by Crippen LogP contribution is -2.49. The van der Waals surface area contributed by atoms with E-state index < -0.39 is 4.92 Å². The third-order valence-corrected chi connectivity index (χ3v) is 3.62. The summed E-state index contributed by atoms with van der Waals surface area (Å²) in [5, 5.41) is 11.2. The number of halogens is 1. The predicted octanol–water partition coefficient (Wildman–Crippen LogP) is 1.55. The number of nitro groups is 1. The van der Waals surface area contributed by atoms with Crippen LogP contribution in [0.3, 0.4) is 0 Å². The maximum Gasteiger partial charge on any atom is 0.287 e. The Kier molecular flexibility index (Phi) is 4.20. The molecule has 1 N–H and O–H groups in total. The van der Waals surface area contributed by atoms with Crippen LogP contribution in [0, 0.1) is 10.1 Å². The number of hydrogen-bond donors (Lipinski definition) is 1. The first-order valence-electron chi connectivity index (χ1n) is 5.84. The van der Waals surface area contributed by atoms with Crippen molar-refractivity contribution in [2.75, 3.05) is 18.4 Å². The maximum absolute atomic E-state index is 12.2. The summed E-state index contributed by atoms with van der Waals surface area (Å²) in [6.07, 6.45) is 1.11. The van der Waals surface area contributed by atoms with Crippen LogP contribution < -0.4 is 0 Å². The number of nitrogens with one attached hydrogen (secondary N) is 1. The van der Waals surface area contributed by atoms with Gasteiger partial charge in [0.05, 0.1) is 23.3 Å². The number of ether oxygens (including phenoxy) is 1. The molecule has 104 valence electrons. The average molecular weight is 332 g/mol. The molecule has 0 bridgehead atoms. The molecule has 2 rings (SSSR count). The molecule has 0 saturated carbocycles. The number of amides is 1. The smallest absolute Gasteiger partial charge is 0.287 e. The molecule has 7 nitrogen and oxygen atoms in total. The molecule has 2 heterocycles. The van der Waals surface area contributed by atoms with Crippen molar-refractivity contribution in [1.82, 2.24) is 9.88 Å². The van der Waals surface area contributed by atoms with E-state index in [1.165, 1.54) is 12.3 Å². The molecule has 1 fully saturated rings. The van der Waals surface area contributed by atoms with Gasteiger partial charge in [0.1, 0.15) is 5.69 Å². The molecule has 8 heteroatoms. The lowest BCUT2D eigenvalue weighted by Gasteiger charge is -2.35. The minimum atomic E-state index is -0.531. The zero-order valence-electron chi connectivity index (χ0n) is 10.3. The first-order valence-corrected chi connectivity index (χ1v) is 6.97. The molecule has 0 radical (unpaired) electrons. The van der Waals surface area contributed by atoms with E-state index in [9.17, 15) is 14.9 Å². The summed E-state index contributed by atoms with van der Waals surface area (Å²) in [7, 11) is 0. The highest BCUT2D eigenvalue weighted by molar-refractivity contribution is 9.09. The summed E-state index contributed by atoms with van der Waals surface area (Å²) < 4.78 is 5.64. The van der Waals surface area contributed by atoms with Crippen molar-refractivity contribution < 1.29 is 14.5 Å². The fourth-order valence-electron chi connectivity index (χ4n) is 2.08. The van der Waals surface area contributed by atoms with Gasteiger partial charge < -0.3 is 14.6 Å². The molecule has 2 atom stereocenters. The minimum Gasteiger partial charge on any atom is -0.371 e. The van der Waals surface area contributed by atoms with Crippen LogP contribution in [-0.4, -0.2) is 51.3 Å². The second kappa shape index (κ2) is 5.70. The Bertz CT molecular complexity index is 490. The fourth-order valence-corrected chi connectivity index (χ4v) is 2.44. The maximum atomic E-state index is 12.2. The van der Waals surface area contributed by atoms with E-state index in [1.54, 1.807) is 4.90 Å². The molecule has 19 heavy (non-hydrogen) atoms. The van der Waals surface area contributed by atoms with Gasteiger partial charge >= 0.3 is 0 Å². The zero-order chi connectivity index (χ0) is 14.0. The van der Waals surface area contributed by atoms with Crippen molar-refractivity contribution >= 4 is 27.5 Å². The van der Waals surface area contributed by atoms with E-state index in [0.29, 0.717) is 18.4 Å². The van der Waals surface area contributed by atoms with Crippen LogP contribution in [0.5, 0.6) is 0 Å². The zero-order valence-corrected chi connectivity index (χ0v) is 11.9. The third kappa shape index (κ3) is 3.13. The molecular formula is C11H14BrN3O4. The Morgan fingerprint density at radius 2 is 2.42 bits per heavy atom. The molecule has 1 aliphatic rings. The first-order chi connectivity index (χ1) is 9.01. The molecule has 1 amide bonds. The Morgan fingerprint density at radius 1 is 1.68 bits per heavy atom. The summed E-state index contributed by atoms with van der Waals surface area (Å²) in [4.78, 5) is 26.6. The Labute approximate surface area is 118 Å². The van der Waals surface area contributed by atoms with E-state index in [-0.39, 0.29) is 29.5 Å². The topological polar surface area (TPSA) is 88.5 Å². The van der Waals surface area contributed by atoms with Gasteiger partial charge in [0, 0.05) is 24.5 Å². The molecule has 2 unspecified atom stereocenters. The number of nitrogens with zero attached hydrogens (tertiary/aromatic N) is 2. The lowest BCUT2D eigenvalue weighted by atomic mass is 10.2. The number of aromatic amines is 1. The number of H-pyrrole nitrogens is 1. The van der Waals surface area contributed by atoms with Gasteiger partial charge in [-0.2, -0.15) is 0 Å². The second-order valence-electron chi connectivity index (χ2n) is 4.46. The quantitative estimate of drug-likeness (QED) is 0.517. The van der Waals surface area contributed by atoms with Gasteiger partial charge in [-0.05, 0) is 6.92 Å². The van der Waals surface area contributed by atoms with Crippen LogP contribution >= 0.6 is 15.9 Å². The predicted molar refractivity (Wildman–Crippen MR) is 71.5 cm³/mol. The van der Waals surface area contributed by atoms with Crippen molar-refractivity contribution in [2.24, 2.45) is 0 Å². The van der Waals surface area contributed by atoms with Gasteiger partial charge in [-0.25, -0.2) is 0 Å². The van der Waals surface area contributed by atoms with Gasteiger partial charge in [-0.1, -0.05) is 15.9 Å². The van der Waals surface area contributed by atoms with E-state index >= 15 is 0 Å². The average Bonchev–Trinajstić information content (AvgIpc) is 2.86. The van der Waals surface area contributed by atoms with Gasteiger partial charge in [-0.3, -0.25) is 14.9 Å². The molecule has 1 aromatic rings. The number of carbonyl (C=O) groups excluding carboxylic acids is 1. The highest BCUT2D eigenvalue weighted by Crippen LogP contribution is 2.18. The van der Waals surface area contributed by atoms with Gasteiger partial charge in [0.25, 0.3) is 11.6 Å². The minimum absolute atomic E-state index is 0.0507. The van der Waals surface area contributed by atoms with Crippen molar-refractivity contribution in [1.29, 1.82) is 0 Å². The van der Waals surface area contributed by atoms with Crippen LogP contribution in [0.2, 0.25) is 0 Å². The number of carbonyl (C=O) groups is 1. The van der Waals surface area contributed by atoms with E-state index in [1.807, 2.05) is 6.92 Å². The lowest BCUT2D eigenvalue weighted by molar-refractivity contribution is -0.384. The highest BCUT2D eigenvalue weighted by atomic mass is 79.9. The van der Waals surface area contributed by atoms with E-state index in [2.05, 4.69) is 20.9 Å². The third-order valence-electron chi connectivity index (χ3n) is 2.89. The van der Waals surface area contributed by atoms with Crippen LogP contribution in [-0.2, 0) is 4.74 Å². The number of rotatable bonds is 3.